The van der Waals surface area contributed by atoms with Crippen molar-refractivity contribution in [3.05, 3.63) is 0 Å². The number of likely N-dealkylation sites (N-methyl/N-ethyl adjacent to an activating group) is 2. The molecule has 2 fully saturated rings. The van der Waals surface area contributed by atoms with Gasteiger partial charge in [0.2, 0.25) is 0 Å². The topological polar surface area (TPSA) is 79.5 Å². The Morgan fingerprint density at radius 1 is 1.26 bits per heavy atom. The molecule has 3 heterocycles. The Morgan fingerprint density at radius 2 is 1.96 bits per heavy atom. The third kappa shape index (κ3) is 3.00. The second kappa shape index (κ2) is 6.37. The van der Waals surface area contributed by atoms with E-state index in [1.54, 1.807) is 18.0 Å². The lowest BCUT2D eigenvalue weighted by atomic mass is 10.1. The minimum atomic E-state index is -0.612. The fourth-order valence-electron chi connectivity index (χ4n) is 3.44. The van der Waals surface area contributed by atoms with Gasteiger partial charge in [-0.3, -0.25) is 14.6 Å². The lowest BCUT2D eigenvalue weighted by Gasteiger charge is -2.32. The zero-order chi connectivity index (χ0) is 16.6. The summed E-state index contributed by atoms with van der Waals surface area (Å²) in [6.07, 6.45) is 4.61. The quantitative estimate of drug-likeness (QED) is 0.686. The number of hydrogen-bond acceptors (Lipinski definition) is 5. The molecule has 0 radical (unpaired) electrons. The van der Waals surface area contributed by atoms with Gasteiger partial charge in [-0.05, 0) is 30.9 Å². The predicted octanol–water partition coefficient (Wildman–Crippen LogP) is -0.821. The lowest BCUT2D eigenvalue weighted by molar-refractivity contribution is -0.539. The molecule has 2 saturated heterocycles. The highest BCUT2D eigenvalue weighted by atomic mass is 16.3. The van der Waals surface area contributed by atoms with Crippen LogP contribution in [0.4, 0.5) is 4.79 Å². The maximum atomic E-state index is 12.4. The summed E-state index contributed by atoms with van der Waals surface area (Å²) in [6, 6.07) is -0.993. The zero-order valence-corrected chi connectivity index (χ0v) is 13.7. The van der Waals surface area contributed by atoms with Crippen LogP contribution in [0.1, 0.15) is 19.3 Å². The summed E-state index contributed by atoms with van der Waals surface area (Å²) < 4.78 is 1.73. The van der Waals surface area contributed by atoms with Crippen LogP contribution in [0.2, 0.25) is 0 Å². The maximum absolute atomic E-state index is 12.4. The van der Waals surface area contributed by atoms with Gasteiger partial charge in [-0.1, -0.05) is 6.42 Å². The number of amides is 3. The predicted molar refractivity (Wildman–Crippen MR) is 84.6 cm³/mol. The second-order valence-electron chi connectivity index (χ2n) is 6.46. The van der Waals surface area contributed by atoms with E-state index < -0.39 is 12.1 Å². The van der Waals surface area contributed by atoms with Gasteiger partial charge in [-0.25, -0.2) is 9.37 Å². The highest BCUT2D eigenvalue weighted by molar-refractivity contribution is 6.21. The number of aliphatic hydroxyl groups excluding tert-OH is 1. The zero-order valence-electron chi connectivity index (χ0n) is 13.7. The first-order valence-corrected chi connectivity index (χ1v) is 8.11. The van der Waals surface area contributed by atoms with Crippen molar-refractivity contribution in [2.75, 3.05) is 40.3 Å². The molecule has 3 aliphatic heterocycles. The van der Waals surface area contributed by atoms with Gasteiger partial charge in [-0.2, -0.15) is 0 Å². The largest absolute Gasteiger partial charge is 0.388 e. The molecule has 0 bridgehead atoms. The molecule has 23 heavy (non-hydrogen) atoms. The van der Waals surface area contributed by atoms with Crippen LogP contribution in [0.25, 0.3) is 0 Å². The van der Waals surface area contributed by atoms with Crippen LogP contribution in [-0.2, 0) is 4.79 Å². The Balaban J connectivity index is 1.63. The number of amidine groups is 1. The van der Waals surface area contributed by atoms with Crippen LogP contribution >= 0.6 is 0 Å². The average Bonchev–Trinajstić information content (AvgIpc) is 2.95. The second-order valence-corrected chi connectivity index (χ2v) is 6.46. The van der Waals surface area contributed by atoms with Crippen molar-refractivity contribution in [2.45, 2.75) is 31.4 Å². The summed E-state index contributed by atoms with van der Waals surface area (Å²) in [5.41, 5.74) is 0. The summed E-state index contributed by atoms with van der Waals surface area (Å²) >= 11 is 0. The van der Waals surface area contributed by atoms with Crippen molar-refractivity contribution < 1.29 is 19.3 Å². The number of rotatable bonds is 4. The van der Waals surface area contributed by atoms with Gasteiger partial charge in [0.15, 0.2) is 0 Å². The van der Waals surface area contributed by atoms with Gasteiger partial charge >= 0.3 is 6.03 Å². The van der Waals surface area contributed by atoms with E-state index in [0.29, 0.717) is 18.9 Å². The van der Waals surface area contributed by atoms with Crippen LogP contribution in [0.3, 0.4) is 0 Å². The Hall–Kier alpha value is -1.80. The number of carbonyl (C=O) groups excluding carboxylic acids is 2. The third-order valence-corrected chi connectivity index (χ3v) is 4.74. The van der Waals surface area contributed by atoms with E-state index in [4.69, 9.17) is 0 Å². The standard InChI is InChI=1S/C15H24N5O3/c1-17-13-12(14(22)18(2)15(17)23)20(10-16-13)9-11(21)8-19-6-4-3-5-7-19/h10-12,21H,3-9H2,1-2H3/q+1. The third-order valence-electron chi connectivity index (χ3n) is 4.74. The Labute approximate surface area is 135 Å². The lowest BCUT2D eigenvalue weighted by Crippen LogP contribution is -2.62. The van der Waals surface area contributed by atoms with E-state index in [0.717, 1.165) is 18.0 Å². The van der Waals surface area contributed by atoms with Gasteiger partial charge in [0.05, 0.1) is 0 Å². The van der Waals surface area contributed by atoms with Gasteiger partial charge in [-0.15, -0.1) is 0 Å². The number of imide groups is 1. The van der Waals surface area contributed by atoms with Crippen LogP contribution in [0.5, 0.6) is 0 Å². The number of aliphatic imine (C=N–C) groups is 1. The molecule has 0 aromatic rings. The molecule has 3 aliphatic rings. The first-order chi connectivity index (χ1) is 11.0. The van der Waals surface area contributed by atoms with E-state index in [1.807, 2.05) is 0 Å². The smallest absolute Gasteiger partial charge is 0.333 e. The average molecular weight is 322 g/mol. The number of nitrogens with zero attached hydrogens (tertiary/aromatic N) is 5. The Bertz CT molecular complexity index is 567. The monoisotopic (exact) mass is 322 g/mol. The molecule has 0 aromatic carbocycles. The normalized spacial score (nSPS) is 27.0. The first kappa shape index (κ1) is 16.1. The maximum Gasteiger partial charge on any atom is 0.333 e. The van der Waals surface area contributed by atoms with Crippen molar-refractivity contribution in [1.82, 2.24) is 14.7 Å². The molecule has 3 rings (SSSR count). The summed E-state index contributed by atoms with van der Waals surface area (Å²) in [7, 11) is 3.08. The van der Waals surface area contributed by atoms with E-state index in [9.17, 15) is 14.7 Å². The van der Waals surface area contributed by atoms with Crippen LogP contribution in [0.15, 0.2) is 4.99 Å². The van der Waals surface area contributed by atoms with Crippen molar-refractivity contribution in [3.63, 3.8) is 0 Å². The number of urea groups is 1. The molecule has 8 nitrogen and oxygen atoms in total. The number of β-amino-alcohol motifs (C(OH)–C–C–N with tert-alkyl or cyclic N) is 1. The molecule has 0 saturated carbocycles. The minimum absolute atomic E-state index is 0.300. The molecule has 1 N–H and O–H groups in total. The SMILES string of the molecule is CN1C(=O)C2C(=NC=[N+]2CC(O)CN2CCCCC2)N(C)C1=O. The van der Waals surface area contributed by atoms with Crippen molar-refractivity contribution in [1.29, 1.82) is 0 Å². The number of fused-ring (bicyclic) bond motifs is 1. The summed E-state index contributed by atoms with van der Waals surface area (Å²) in [6.45, 7) is 2.97. The number of hydrogen-bond donors (Lipinski definition) is 1. The fraction of sp³-hybridized carbons (Fsp3) is 0.733. The molecule has 126 valence electrons. The fourth-order valence-corrected chi connectivity index (χ4v) is 3.44. The number of carbonyl (C=O) groups is 2. The van der Waals surface area contributed by atoms with E-state index in [-0.39, 0.29) is 11.9 Å². The molecule has 0 aromatic heterocycles. The number of piperidine rings is 1. The molecule has 2 unspecified atom stereocenters. The molecular formula is C15H24N5O3+. The molecule has 0 spiro atoms. The van der Waals surface area contributed by atoms with Crippen LogP contribution < -0.4 is 0 Å². The molecule has 2 atom stereocenters. The van der Waals surface area contributed by atoms with E-state index in [2.05, 4.69) is 9.89 Å². The Kier molecular flexibility index (Phi) is 4.45. The van der Waals surface area contributed by atoms with Crippen LogP contribution in [0, 0.1) is 0 Å². The minimum Gasteiger partial charge on any atom is -0.388 e. The van der Waals surface area contributed by atoms with Crippen LogP contribution in [-0.4, -0.2) is 101 Å². The van der Waals surface area contributed by atoms with Crippen molar-refractivity contribution >= 4 is 24.1 Å². The number of likely N-dealkylation sites (tertiary alicyclic amines) is 1. The van der Waals surface area contributed by atoms with Crippen molar-refractivity contribution in [2.24, 2.45) is 4.99 Å². The van der Waals surface area contributed by atoms with Crippen molar-refractivity contribution in [3.8, 4) is 0 Å². The van der Waals surface area contributed by atoms with Gasteiger partial charge in [0.1, 0.15) is 12.6 Å². The molecule has 8 heteroatoms. The highest BCUT2D eigenvalue weighted by Gasteiger charge is 2.50. The van der Waals surface area contributed by atoms with Gasteiger partial charge in [0.25, 0.3) is 24.1 Å². The number of aliphatic hydroxyl groups is 1. The van der Waals surface area contributed by atoms with E-state index >= 15 is 0 Å². The van der Waals surface area contributed by atoms with E-state index in [1.165, 1.54) is 31.2 Å². The summed E-state index contributed by atoms with van der Waals surface area (Å²) in [5.74, 6) is 0.133. The summed E-state index contributed by atoms with van der Waals surface area (Å²) in [4.78, 5) is 33.3. The molecule has 0 aliphatic carbocycles. The Morgan fingerprint density at radius 3 is 2.65 bits per heavy atom. The molecule has 3 amide bonds. The summed E-state index contributed by atoms with van der Waals surface area (Å²) in [5, 5.41) is 10.4. The first-order valence-electron chi connectivity index (χ1n) is 8.11. The van der Waals surface area contributed by atoms with Gasteiger partial charge in [0, 0.05) is 20.6 Å². The molecular weight excluding hydrogens is 298 g/mol. The highest BCUT2D eigenvalue weighted by Crippen LogP contribution is 2.17. The van der Waals surface area contributed by atoms with Gasteiger partial charge < -0.3 is 10.0 Å².